The minimum Gasteiger partial charge on any atom is -0.457 e. The predicted octanol–water partition coefficient (Wildman–Crippen LogP) is 23.0. The first kappa shape index (κ1) is 55.9. The van der Waals surface area contributed by atoms with Gasteiger partial charge >= 0.3 is 0 Å². The fourth-order valence-corrected chi connectivity index (χ4v) is 15.2. The predicted molar refractivity (Wildman–Crippen MR) is 372 cm³/mol. The third-order valence-corrected chi connectivity index (χ3v) is 19.4. The number of nitrogens with zero attached hydrogens (tertiary/aromatic N) is 1. The quantitative estimate of drug-likeness (QED) is 0.108. The number of anilines is 3. The molecule has 0 saturated heterocycles. The van der Waals surface area contributed by atoms with Gasteiger partial charge in [-0.2, -0.15) is 0 Å². The zero-order valence-electron chi connectivity index (χ0n) is 50.9. The zero-order valence-corrected chi connectivity index (χ0v) is 50.9. The van der Waals surface area contributed by atoms with Gasteiger partial charge in [0.1, 0.15) is 34.6 Å². The van der Waals surface area contributed by atoms with E-state index in [4.69, 9.17) is 9.47 Å². The normalized spacial score (nSPS) is 15.9. The van der Waals surface area contributed by atoms with Crippen LogP contribution in [0.5, 0.6) is 23.0 Å². The monoisotopic (exact) mass is 1190 g/mol. The van der Waals surface area contributed by atoms with E-state index in [9.17, 15) is 0 Å². The minimum atomic E-state index is -0.923. The Morgan fingerprint density at radius 3 is 1.09 bits per heavy atom. The minimum absolute atomic E-state index is 0.239. The molecule has 0 saturated carbocycles. The van der Waals surface area contributed by atoms with Crippen molar-refractivity contribution in [1.82, 2.24) is 0 Å². The number of para-hydroxylation sites is 1. The average molecular weight is 1190 g/mol. The fourth-order valence-electron chi connectivity index (χ4n) is 15.2. The molecule has 440 valence electrons. The first-order valence-corrected chi connectivity index (χ1v) is 31.2. The van der Waals surface area contributed by atoms with Crippen LogP contribution in [0.25, 0.3) is 56.7 Å². The summed E-state index contributed by atoms with van der Waals surface area (Å²) in [5, 5.41) is 0. The Kier molecular flexibility index (Phi) is 13.3. The summed E-state index contributed by atoms with van der Waals surface area (Å²) < 4.78 is 43.9. The molecule has 92 heavy (non-hydrogen) atoms. The molecule has 3 aliphatic carbocycles. The highest BCUT2D eigenvalue weighted by molar-refractivity contribution is 5.96. The SMILES string of the molecule is C=Cc1ccc(Oc2ccc(C3(c4ccc(F)cc4)c4ccccc4-c4ccc(N(c5ccc6c(c5)C(c5ccc(F)cc5)(c5ccc(Oc7ccc(C=C)cc7)cc5)c5ccccc5-6)c5ccccc5-c5ccc6c(c5)C(C)(C)c5ccccc5-6)cc43)cc2)cc1. The van der Waals surface area contributed by atoms with E-state index >= 15 is 8.78 Å². The van der Waals surface area contributed by atoms with Gasteiger partial charge in [-0.1, -0.05) is 227 Å². The van der Waals surface area contributed by atoms with Gasteiger partial charge in [0, 0.05) is 22.4 Å². The molecule has 3 nitrogen and oxygen atoms in total. The van der Waals surface area contributed by atoms with Crippen molar-refractivity contribution in [2.75, 3.05) is 4.90 Å². The molecule has 0 aliphatic heterocycles. The molecular weight excluding hydrogens is 1130 g/mol. The molecule has 2 unspecified atom stereocenters. The Morgan fingerprint density at radius 1 is 0.315 bits per heavy atom. The first-order valence-electron chi connectivity index (χ1n) is 31.2. The van der Waals surface area contributed by atoms with Gasteiger partial charge in [0.15, 0.2) is 0 Å². The molecule has 13 aromatic rings. The van der Waals surface area contributed by atoms with Gasteiger partial charge in [-0.15, -0.1) is 0 Å². The number of rotatable bonds is 14. The van der Waals surface area contributed by atoms with Crippen molar-refractivity contribution in [2.24, 2.45) is 0 Å². The summed E-state index contributed by atoms with van der Waals surface area (Å²) in [6.45, 7) is 12.5. The third-order valence-electron chi connectivity index (χ3n) is 19.4. The van der Waals surface area contributed by atoms with E-state index in [0.29, 0.717) is 23.0 Å². The molecule has 0 bridgehead atoms. The maximum atomic E-state index is 15.4. The Hall–Kier alpha value is -11.4. The van der Waals surface area contributed by atoms with Crippen LogP contribution < -0.4 is 14.4 Å². The third kappa shape index (κ3) is 8.82. The van der Waals surface area contributed by atoms with Crippen LogP contribution in [0.4, 0.5) is 25.8 Å². The Morgan fingerprint density at radius 2 is 0.652 bits per heavy atom. The summed E-state index contributed by atoms with van der Waals surface area (Å²) in [5.74, 6) is 2.17. The van der Waals surface area contributed by atoms with E-state index in [2.05, 4.69) is 208 Å². The van der Waals surface area contributed by atoms with Crippen LogP contribution in [0.1, 0.15) is 80.6 Å². The summed E-state index contributed by atoms with van der Waals surface area (Å²) in [5.41, 5.74) is 22.4. The van der Waals surface area contributed by atoms with Gasteiger partial charge in [-0.25, -0.2) is 8.78 Å². The van der Waals surface area contributed by atoms with Gasteiger partial charge in [0.25, 0.3) is 0 Å². The summed E-state index contributed by atoms with van der Waals surface area (Å²) in [7, 11) is 0. The van der Waals surface area contributed by atoms with E-state index in [1.54, 1.807) is 24.3 Å². The van der Waals surface area contributed by atoms with Gasteiger partial charge in [0.2, 0.25) is 0 Å². The Balaban J connectivity index is 0.928. The van der Waals surface area contributed by atoms with E-state index in [1.807, 2.05) is 109 Å². The molecular formula is C87H61F2NO2. The number of fused-ring (bicyclic) bond motifs is 9. The standard InChI is InChI=1S/C87H61F2NO2/c1-5-56-23-42-67(43-24-56)91-69-46-32-61(33-47-69)86(59-28-36-63(88)37-29-59)79-20-12-8-17-73(79)76-51-40-65(54-82(76)86)90(84-22-14-10-15-71(84)58-27-50-75-72-16-7-11-19-78(72)85(3,4)81(75)53-58)66-41-52-77-74-18-9-13-21-80(74)87(83(77)55-66,60-30-38-64(89)39-31-60)62-34-48-70(49-35-62)92-68-44-25-57(6-2)26-45-68/h5-55H,1-2H2,3-4H3. The van der Waals surface area contributed by atoms with Crippen molar-refractivity contribution in [3.8, 4) is 67.5 Å². The molecule has 0 spiro atoms. The maximum Gasteiger partial charge on any atom is 0.127 e. The van der Waals surface area contributed by atoms with Crippen LogP contribution in [0, 0.1) is 11.6 Å². The summed E-state index contributed by atoms with van der Waals surface area (Å²) in [6, 6.07) is 102. The number of ether oxygens (including phenoxy) is 2. The molecule has 0 amide bonds. The highest BCUT2D eigenvalue weighted by Gasteiger charge is 2.49. The molecule has 0 aromatic heterocycles. The largest absolute Gasteiger partial charge is 0.457 e. The second-order valence-electron chi connectivity index (χ2n) is 24.6. The lowest BCUT2D eigenvalue weighted by Crippen LogP contribution is -2.29. The zero-order chi connectivity index (χ0) is 62.3. The molecule has 5 heteroatoms. The number of hydrogen-bond acceptors (Lipinski definition) is 3. The Bertz CT molecular complexity index is 4800. The second-order valence-corrected chi connectivity index (χ2v) is 24.6. The molecule has 0 N–H and O–H groups in total. The van der Waals surface area contributed by atoms with Gasteiger partial charge < -0.3 is 14.4 Å². The first-order chi connectivity index (χ1) is 45.0. The van der Waals surface area contributed by atoms with Gasteiger partial charge in [0.05, 0.1) is 16.5 Å². The lowest BCUT2D eigenvalue weighted by atomic mass is 9.67. The number of benzene rings is 13. The van der Waals surface area contributed by atoms with Crippen LogP contribution in [0.15, 0.2) is 310 Å². The summed E-state index contributed by atoms with van der Waals surface area (Å²) in [4.78, 5) is 2.42. The number of hydrogen-bond donors (Lipinski definition) is 0. The highest BCUT2D eigenvalue weighted by atomic mass is 19.1. The molecule has 0 radical (unpaired) electrons. The van der Waals surface area contributed by atoms with Crippen LogP contribution >= 0.6 is 0 Å². The van der Waals surface area contributed by atoms with Crippen molar-refractivity contribution >= 4 is 29.2 Å². The van der Waals surface area contributed by atoms with Crippen molar-refractivity contribution in [1.29, 1.82) is 0 Å². The summed E-state index contributed by atoms with van der Waals surface area (Å²) >= 11 is 0. The lowest BCUT2D eigenvalue weighted by Gasteiger charge is -2.36. The summed E-state index contributed by atoms with van der Waals surface area (Å²) in [6.07, 6.45) is 3.63. The van der Waals surface area contributed by atoms with Crippen molar-refractivity contribution in [3.05, 3.63) is 389 Å². The molecule has 16 rings (SSSR count). The van der Waals surface area contributed by atoms with Crippen LogP contribution in [-0.2, 0) is 16.2 Å². The highest BCUT2D eigenvalue weighted by Crippen LogP contribution is 2.61. The number of halogens is 2. The van der Waals surface area contributed by atoms with Crippen LogP contribution in [0.3, 0.4) is 0 Å². The molecule has 2 atom stereocenters. The van der Waals surface area contributed by atoms with Crippen molar-refractivity contribution in [3.63, 3.8) is 0 Å². The van der Waals surface area contributed by atoms with E-state index < -0.39 is 10.8 Å². The van der Waals surface area contributed by atoms with E-state index in [-0.39, 0.29) is 17.0 Å². The van der Waals surface area contributed by atoms with E-state index in [1.165, 1.54) is 22.3 Å². The van der Waals surface area contributed by atoms with Crippen LogP contribution in [-0.4, -0.2) is 0 Å². The molecule has 3 aliphatic rings. The fraction of sp³-hybridized carbons (Fsp3) is 0.0575. The molecule has 0 fully saturated rings. The topological polar surface area (TPSA) is 21.7 Å². The lowest BCUT2D eigenvalue weighted by molar-refractivity contribution is 0.482. The van der Waals surface area contributed by atoms with E-state index in [0.717, 1.165) is 106 Å². The smallest absolute Gasteiger partial charge is 0.127 e. The molecule has 13 aromatic carbocycles. The maximum absolute atomic E-state index is 15.4. The van der Waals surface area contributed by atoms with Crippen molar-refractivity contribution < 1.29 is 18.3 Å². The van der Waals surface area contributed by atoms with Crippen LogP contribution in [0.2, 0.25) is 0 Å². The van der Waals surface area contributed by atoms with Gasteiger partial charge in [-0.3, -0.25) is 0 Å². The average Bonchev–Trinajstić information content (AvgIpc) is 1.54. The van der Waals surface area contributed by atoms with Gasteiger partial charge in [-0.05, 0) is 215 Å². The van der Waals surface area contributed by atoms with Crippen molar-refractivity contribution in [2.45, 2.75) is 30.1 Å². The Labute approximate surface area is 535 Å². The molecule has 0 heterocycles. The second kappa shape index (κ2) is 22.0.